The lowest BCUT2D eigenvalue weighted by Gasteiger charge is -2.43. The van der Waals surface area contributed by atoms with Gasteiger partial charge in [-0.25, -0.2) is 0 Å². The van der Waals surface area contributed by atoms with Gasteiger partial charge in [0.15, 0.2) is 0 Å². The molecule has 0 saturated heterocycles. The van der Waals surface area contributed by atoms with Gasteiger partial charge < -0.3 is 9.32 Å². The van der Waals surface area contributed by atoms with Crippen LogP contribution in [0.3, 0.4) is 0 Å². The maximum Gasteiger partial charge on any atom is 0.257 e. The molecule has 0 spiro atoms. The number of anilines is 6. The number of furan rings is 1. The first kappa shape index (κ1) is 39.3. The number of hydrogen-bond acceptors (Lipinski definition) is 5. The second-order valence-corrected chi connectivity index (χ2v) is 22.1. The Morgan fingerprint density at radius 3 is 1.72 bits per heavy atom. The number of benzene rings is 7. The standard InChI is InChI=1S/C58H49BN2OS2/c1-34-28-41(58(6,7)8)29-35(2)55(34)61-47-17-13-16-46-54(47)59(53-43-33-40(57(3,4)5)23-27-48(43)62-56(53)61)44-30-39(52-32-38-15-10-12-19-50(38)64-52)22-26-45(44)60(46)42-24-20-36(21-25-42)51-31-37-14-9-11-18-49(37)63-51/h9-33H,1-8H3. The van der Waals surface area contributed by atoms with Gasteiger partial charge in [0.2, 0.25) is 5.88 Å². The fourth-order valence-electron chi connectivity index (χ4n) is 10.3. The zero-order valence-electron chi connectivity index (χ0n) is 37.6. The first-order valence-electron chi connectivity index (χ1n) is 22.4. The number of nitrogens with zero attached hydrogens (tertiary/aromatic N) is 2. The molecule has 312 valence electrons. The first-order chi connectivity index (χ1) is 30.8. The van der Waals surface area contributed by atoms with Crippen molar-refractivity contribution in [3.05, 3.63) is 174 Å². The molecule has 12 rings (SSSR count). The quantitative estimate of drug-likeness (QED) is 0.164. The van der Waals surface area contributed by atoms with Crippen molar-refractivity contribution in [2.45, 2.75) is 66.2 Å². The molecule has 10 aromatic rings. The van der Waals surface area contributed by atoms with Gasteiger partial charge >= 0.3 is 0 Å². The van der Waals surface area contributed by atoms with Crippen molar-refractivity contribution in [1.82, 2.24) is 0 Å². The second kappa shape index (κ2) is 14.1. The lowest BCUT2D eigenvalue weighted by Crippen LogP contribution is -2.61. The Morgan fingerprint density at radius 2 is 1.09 bits per heavy atom. The van der Waals surface area contributed by atoms with E-state index < -0.39 is 0 Å². The SMILES string of the molecule is Cc1cc(C(C)(C)C)cc(C)c1N1c2cccc3c2B(c2cc(-c4cc5ccccc5s4)ccc2N3c2ccc(-c3cc4ccccc4s3)cc2)c2c1oc1ccc(C(C)(C)C)cc21. The average molecular weight is 865 g/mol. The number of thiophene rings is 2. The van der Waals surface area contributed by atoms with Crippen LogP contribution in [0.1, 0.15) is 63.8 Å². The van der Waals surface area contributed by atoms with Crippen molar-refractivity contribution in [2.75, 3.05) is 9.80 Å². The molecule has 3 aromatic heterocycles. The van der Waals surface area contributed by atoms with Gasteiger partial charge in [0, 0.05) is 52.8 Å². The highest BCUT2D eigenvalue weighted by Crippen LogP contribution is 2.49. The minimum Gasteiger partial charge on any atom is -0.440 e. The van der Waals surface area contributed by atoms with Gasteiger partial charge in [-0.3, -0.25) is 4.90 Å². The molecule has 0 saturated carbocycles. The van der Waals surface area contributed by atoms with Gasteiger partial charge in [0.25, 0.3) is 6.71 Å². The van der Waals surface area contributed by atoms with E-state index in [1.165, 1.54) is 102 Å². The zero-order valence-corrected chi connectivity index (χ0v) is 39.3. The smallest absolute Gasteiger partial charge is 0.257 e. The topological polar surface area (TPSA) is 19.6 Å². The number of hydrogen-bond donors (Lipinski definition) is 0. The van der Waals surface area contributed by atoms with Crippen LogP contribution >= 0.6 is 22.7 Å². The van der Waals surface area contributed by atoms with E-state index in [4.69, 9.17) is 4.42 Å². The largest absolute Gasteiger partial charge is 0.440 e. The van der Waals surface area contributed by atoms with E-state index in [9.17, 15) is 0 Å². The van der Waals surface area contributed by atoms with Crippen LogP contribution in [-0.2, 0) is 10.8 Å². The zero-order chi connectivity index (χ0) is 43.8. The van der Waals surface area contributed by atoms with Crippen molar-refractivity contribution in [2.24, 2.45) is 0 Å². The molecule has 3 nitrogen and oxygen atoms in total. The van der Waals surface area contributed by atoms with Crippen LogP contribution in [0.5, 0.6) is 0 Å². The average Bonchev–Trinajstić information content (AvgIpc) is 4.02. The first-order valence-corrected chi connectivity index (χ1v) is 24.1. The van der Waals surface area contributed by atoms with E-state index in [0.717, 1.165) is 22.8 Å². The Bertz CT molecular complexity index is 3430. The van der Waals surface area contributed by atoms with Crippen molar-refractivity contribution in [1.29, 1.82) is 0 Å². The molecule has 0 bridgehead atoms. The summed E-state index contributed by atoms with van der Waals surface area (Å²) >= 11 is 3.72. The van der Waals surface area contributed by atoms with Crippen LogP contribution in [0.25, 0.3) is 52.0 Å². The predicted molar refractivity (Wildman–Crippen MR) is 279 cm³/mol. The molecule has 0 fully saturated rings. The molecule has 0 unspecified atom stereocenters. The van der Waals surface area contributed by atoms with E-state index in [1.54, 1.807) is 0 Å². The molecule has 0 radical (unpaired) electrons. The Morgan fingerprint density at radius 1 is 0.500 bits per heavy atom. The van der Waals surface area contributed by atoms with Crippen LogP contribution in [0.4, 0.5) is 34.3 Å². The predicted octanol–water partition coefficient (Wildman–Crippen LogP) is 15.5. The summed E-state index contributed by atoms with van der Waals surface area (Å²) in [4.78, 5) is 7.53. The molecular formula is C58H49BN2OS2. The van der Waals surface area contributed by atoms with E-state index in [0.29, 0.717) is 0 Å². The third-order valence-corrected chi connectivity index (χ3v) is 15.9. The summed E-state index contributed by atoms with van der Waals surface area (Å²) in [5.41, 5.74) is 18.1. The third-order valence-electron chi connectivity index (χ3n) is 13.6. The van der Waals surface area contributed by atoms with Crippen molar-refractivity contribution >= 4 is 111 Å². The molecule has 0 aliphatic carbocycles. The lowest BCUT2D eigenvalue weighted by molar-refractivity contribution is 0.589. The molecule has 5 heterocycles. The van der Waals surface area contributed by atoms with Gasteiger partial charge in [0.05, 0.1) is 5.69 Å². The summed E-state index contributed by atoms with van der Waals surface area (Å²) in [6, 6.07) is 57.1. The summed E-state index contributed by atoms with van der Waals surface area (Å²) in [5, 5.41) is 3.75. The van der Waals surface area contributed by atoms with Gasteiger partial charge in [0.1, 0.15) is 5.58 Å². The lowest BCUT2D eigenvalue weighted by atomic mass is 9.33. The van der Waals surface area contributed by atoms with Crippen molar-refractivity contribution in [3.8, 4) is 20.9 Å². The summed E-state index contributed by atoms with van der Waals surface area (Å²) < 4.78 is 9.87. The molecule has 0 N–H and O–H groups in total. The monoisotopic (exact) mass is 864 g/mol. The van der Waals surface area contributed by atoms with Gasteiger partial charge in [-0.05, 0) is 146 Å². The van der Waals surface area contributed by atoms with Crippen molar-refractivity contribution < 1.29 is 4.42 Å². The molecule has 2 aliphatic heterocycles. The molecule has 7 aromatic carbocycles. The maximum absolute atomic E-state index is 7.26. The summed E-state index contributed by atoms with van der Waals surface area (Å²) in [6.45, 7) is 18.3. The van der Waals surface area contributed by atoms with Crippen LogP contribution in [0.15, 0.2) is 156 Å². The molecule has 2 aliphatic rings. The molecule has 0 atom stereocenters. The van der Waals surface area contributed by atoms with E-state index in [-0.39, 0.29) is 17.5 Å². The van der Waals surface area contributed by atoms with Crippen LogP contribution in [0, 0.1) is 13.8 Å². The highest BCUT2D eigenvalue weighted by atomic mass is 32.1. The minimum atomic E-state index is -0.0817. The fraction of sp³-hybridized carbons (Fsp3) is 0.172. The number of rotatable bonds is 4. The molecular weight excluding hydrogens is 816 g/mol. The molecule has 64 heavy (non-hydrogen) atoms. The number of aryl methyl sites for hydroxylation is 2. The van der Waals surface area contributed by atoms with Crippen molar-refractivity contribution in [3.63, 3.8) is 0 Å². The van der Waals surface area contributed by atoms with Gasteiger partial charge in [-0.2, -0.15) is 0 Å². The van der Waals surface area contributed by atoms with E-state index >= 15 is 0 Å². The fourth-order valence-corrected chi connectivity index (χ4v) is 12.5. The second-order valence-electron chi connectivity index (χ2n) is 19.9. The van der Waals surface area contributed by atoms with E-state index in [1.807, 2.05) is 22.7 Å². The summed E-state index contributed by atoms with van der Waals surface area (Å²) in [6.07, 6.45) is 0. The number of fused-ring (bicyclic) bond motifs is 8. The minimum absolute atomic E-state index is 0.0175. The Labute approximate surface area is 384 Å². The Kier molecular flexibility index (Phi) is 8.64. The van der Waals surface area contributed by atoms with Crippen LogP contribution in [0.2, 0.25) is 0 Å². The molecule has 0 amide bonds. The Balaban J connectivity index is 1.13. The van der Waals surface area contributed by atoms with Crippen LogP contribution < -0.4 is 26.2 Å². The van der Waals surface area contributed by atoms with E-state index in [2.05, 4.69) is 217 Å². The Hall–Kier alpha value is -6.34. The highest BCUT2D eigenvalue weighted by molar-refractivity contribution is 7.22. The third kappa shape index (κ3) is 6.06. The van der Waals surface area contributed by atoms with Gasteiger partial charge in [-0.15, -0.1) is 22.7 Å². The molecule has 6 heteroatoms. The highest BCUT2D eigenvalue weighted by Gasteiger charge is 2.47. The van der Waals surface area contributed by atoms with Gasteiger partial charge in [-0.1, -0.05) is 126 Å². The summed E-state index contributed by atoms with van der Waals surface area (Å²) in [7, 11) is 0. The normalized spacial score (nSPS) is 13.5. The summed E-state index contributed by atoms with van der Waals surface area (Å²) in [5.74, 6) is 0.907. The van der Waals surface area contributed by atoms with Crippen LogP contribution in [-0.4, -0.2) is 6.71 Å². The maximum atomic E-state index is 7.26.